The highest BCUT2D eigenvalue weighted by molar-refractivity contribution is 7.47. The Kier molecular flexibility index (Phi) is 4.04. The van der Waals surface area contributed by atoms with Crippen molar-refractivity contribution in [1.29, 1.82) is 0 Å². The molecule has 0 saturated carbocycles. The summed E-state index contributed by atoms with van der Waals surface area (Å²) in [7, 11) is -5.00. The van der Waals surface area contributed by atoms with Crippen LogP contribution in [0.3, 0.4) is 0 Å². The van der Waals surface area contributed by atoms with E-state index in [0.29, 0.717) is 0 Å². The minimum absolute atomic E-state index is 1.17. The quantitative estimate of drug-likeness (QED) is 0.405. The molecule has 0 aromatic heterocycles. The van der Waals surface area contributed by atoms with Crippen molar-refractivity contribution in [2.45, 2.75) is 18.4 Å². The molecule has 1 rings (SSSR count). The maximum Gasteiger partial charge on any atom is 0.544 e. The highest BCUT2D eigenvalue weighted by Crippen LogP contribution is 2.45. The third-order valence-electron chi connectivity index (χ3n) is 1.69. The van der Waals surface area contributed by atoms with Gasteiger partial charge in [0.05, 0.1) is 12.8 Å². The molecule has 0 bridgehead atoms. The zero-order valence-electron chi connectivity index (χ0n) is 8.47. The third kappa shape index (κ3) is 3.75. The summed E-state index contributed by atoms with van der Waals surface area (Å²) >= 11 is 0. The summed E-state index contributed by atoms with van der Waals surface area (Å²) in [6.45, 7) is 0. The van der Waals surface area contributed by atoms with E-state index in [4.69, 9.17) is 10.00 Å². The van der Waals surface area contributed by atoms with Crippen LogP contribution in [0.1, 0.15) is 12.8 Å². The molecule has 0 spiro atoms. The van der Waals surface area contributed by atoms with Crippen LogP contribution in [0.5, 0.6) is 0 Å². The minimum atomic E-state index is -5.00. The Hall–Kier alpha value is -1.52. The van der Waals surface area contributed by atoms with E-state index in [9.17, 15) is 24.1 Å². The monoisotopic (exact) mass is 286 g/mol. The summed E-state index contributed by atoms with van der Waals surface area (Å²) < 4.78 is 18.1. The van der Waals surface area contributed by atoms with Crippen LogP contribution < -0.4 is 0 Å². The van der Waals surface area contributed by atoms with Crippen molar-refractivity contribution in [3.63, 3.8) is 0 Å². The van der Waals surface area contributed by atoms with Gasteiger partial charge in [-0.3, -0.25) is 19.5 Å². The Morgan fingerprint density at radius 2 is 1.89 bits per heavy atom. The van der Waals surface area contributed by atoms with E-state index in [1.54, 1.807) is 0 Å². The van der Waals surface area contributed by atoms with E-state index >= 15 is 0 Å². The van der Waals surface area contributed by atoms with Crippen molar-refractivity contribution in [3.05, 3.63) is 0 Å². The molecule has 0 aliphatic carbocycles. The van der Waals surface area contributed by atoms with Gasteiger partial charge in [0.1, 0.15) is 0 Å². The summed E-state index contributed by atoms with van der Waals surface area (Å²) in [4.78, 5) is 48.9. The Balaban J connectivity index is 2.98. The van der Waals surface area contributed by atoms with Crippen LogP contribution in [0.2, 0.25) is 0 Å². The lowest BCUT2D eigenvalue weighted by Crippen LogP contribution is -2.43. The van der Waals surface area contributed by atoms with Crippen LogP contribution in [0, 0.1) is 0 Å². The van der Waals surface area contributed by atoms with Gasteiger partial charge < -0.3 is 10.2 Å². The predicted molar refractivity (Wildman–Crippen MR) is 46.0 cm³/mol. The maximum absolute atomic E-state index is 11.3. The molecular formula is C6H7O11P. The summed E-state index contributed by atoms with van der Waals surface area (Å²) in [5.74, 6) is -4.84. The fourth-order valence-electron chi connectivity index (χ4n) is 0.985. The third-order valence-corrected chi connectivity index (χ3v) is 2.22. The number of aliphatic hydroxyl groups is 1. The van der Waals surface area contributed by atoms with Crippen LogP contribution in [0.25, 0.3) is 0 Å². The van der Waals surface area contributed by atoms with Gasteiger partial charge in [0.2, 0.25) is 0 Å². The molecule has 2 atom stereocenters. The SMILES string of the molecule is O=C(O)CC1(O)CC(=O)OOP(=O)(O)OOC1=O. The Morgan fingerprint density at radius 3 is 2.44 bits per heavy atom. The molecule has 11 nitrogen and oxygen atoms in total. The smallest absolute Gasteiger partial charge is 0.481 e. The standard InChI is InChI=1S/C6H7O11P/c7-3(8)1-6(11)2-4(9)14-16-18(12,13)17-15-5(6)10/h11H,1-2H2,(H,7,8)(H,12,13). The summed E-state index contributed by atoms with van der Waals surface area (Å²) in [6, 6.07) is 0. The van der Waals surface area contributed by atoms with Crippen molar-refractivity contribution in [2.24, 2.45) is 0 Å². The van der Waals surface area contributed by atoms with Crippen LogP contribution in [0.4, 0.5) is 0 Å². The second-order valence-corrected chi connectivity index (χ2v) is 4.46. The molecule has 0 amide bonds. The van der Waals surface area contributed by atoms with Gasteiger partial charge in [-0.05, 0) is 0 Å². The molecule has 0 aromatic rings. The first-order valence-electron chi connectivity index (χ1n) is 4.21. The molecule has 12 heteroatoms. The number of hydrogen-bond donors (Lipinski definition) is 3. The van der Waals surface area contributed by atoms with Crippen LogP contribution >= 0.6 is 7.82 Å². The molecule has 0 radical (unpaired) electrons. The highest BCUT2D eigenvalue weighted by atomic mass is 31.2. The molecule has 2 unspecified atom stereocenters. The van der Waals surface area contributed by atoms with Crippen molar-refractivity contribution in [2.75, 3.05) is 0 Å². The fraction of sp³-hybridized carbons (Fsp3) is 0.500. The van der Waals surface area contributed by atoms with Gasteiger partial charge in [0.15, 0.2) is 5.60 Å². The second kappa shape index (κ2) is 5.00. The van der Waals surface area contributed by atoms with Gasteiger partial charge in [0.25, 0.3) is 0 Å². The van der Waals surface area contributed by atoms with E-state index in [2.05, 4.69) is 19.1 Å². The second-order valence-electron chi connectivity index (χ2n) is 3.22. The average Bonchev–Trinajstić information content (AvgIpc) is 2.24. The highest BCUT2D eigenvalue weighted by Gasteiger charge is 2.47. The van der Waals surface area contributed by atoms with E-state index in [1.165, 1.54) is 0 Å². The minimum Gasteiger partial charge on any atom is -0.481 e. The number of carboxylic acid groups (broad SMARTS) is 1. The average molecular weight is 286 g/mol. The van der Waals surface area contributed by atoms with Crippen LogP contribution in [-0.4, -0.2) is 38.6 Å². The molecule has 1 heterocycles. The number of phosphoric acid groups is 1. The lowest BCUT2D eigenvalue weighted by molar-refractivity contribution is -0.258. The Bertz CT molecular complexity index is 429. The lowest BCUT2D eigenvalue weighted by Gasteiger charge is -2.19. The van der Waals surface area contributed by atoms with Gasteiger partial charge in [-0.25, -0.2) is 14.2 Å². The molecule has 1 aliphatic rings. The topological polar surface area (TPSA) is 166 Å². The molecule has 0 aromatic carbocycles. The summed E-state index contributed by atoms with van der Waals surface area (Å²) in [5, 5.41) is 18.1. The zero-order valence-corrected chi connectivity index (χ0v) is 9.36. The number of rotatable bonds is 2. The fourth-order valence-corrected chi connectivity index (χ4v) is 1.35. The van der Waals surface area contributed by atoms with Gasteiger partial charge in [0, 0.05) is 0 Å². The molecule has 1 aliphatic heterocycles. The van der Waals surface area contributed by atoms with E-state index in [0.717, 1.165) is 0 Å². The van der Waals surface area contributed by atoms with Crippen LogP contribution in [-0.2, 0) is 38.1 Å². The number of carbonyl (C=O) groups excluding carboxylic acids is 2. The number of aliphatic carboxylic acids is 1. The first-order valence-corrected chi connectivity index (χ1v) is 5.71. The summed E-state index contributed by atoms with van der Waals surface area (Å²) in [5.41, 5.74) is -2.81. The molecule has 1 fully saturated rings. The zero-order chi connectivity index (χ0) is 14.0. The Morgan fingerprint density at radius 1 is 1.33 bits per heavy atom. The first kappa shape index (κ1) is 14.5. The lowest BCUT2D eigenvalue weighted by atomic mass is 9.96. The number of hydrogen-bond acceptors (Lipinski definition) is 9. The van der Waals surface area contributed by atoms with Crippen molar-refractivity contribution in [1.82, 2.24) is 0 Å². The van der Waals surface area contributed by atoms with E-state index in [1.807, 2.05) is 0 Å². The summed E-state index contributed by atoms with van der Waals surface area (Å²) in [6.07, 6.45) is -2.37. The maximum atomic E-state index is 11.3. The van der Waals surface area contributed by atoms with Crippen molar-refractivity contribution >= 4 is 25.7 Å². The van der Waals surface area contributed by atoms with Crippen molar-refractivity contribution in [3.8, 4) is 0 Å². The van der Waals surface area contributed by atoms with Gasteiger partial charge in [-0.2, -0.15) is 0 Å². The predicted octanol–water partition coefficient (Wildman–Crippen LogP) is -1.35. The number of carboxylic acids is 1. The molecule has 18 heavy (non-hydrogen) atoms. The van der Waals surface area contributed by atoms with Gasteiger partial charge in [-0.1, -0.05) is 9.35 Å². The molecule has 1 saturated heterocycles. The normalized spacial score (nSPS) is 33.7. The van der Waals surface area contributed by atoms with Gasteiger partial charge >= 0.3 is 25.7 Å². The van der Waals surface area contributed by atoms with Crippen molar-refractivity contribution < 1.29 is 53.2 Å². The molecule has 102 valence electrons. The molecule has 3 N–H and O–H groups in total. The van der Waals surface area contributed by atoms with E-state index < -0.39 is 44.2 Å². The first-order chi connectivity index (χ1) is 8.15. The molecular weight excluding hydrogens is 279 g/mol. The van der Waals surface area contributed by atoms with Gasteiger partial charge in [-0.15, -0.1) is 0 Å². The number of carbonyl (C=O) groups is 3. The van der Waals surface area contributed by atoms with Crippen LogP contribution in [0.15, 0.2) is 0 Å². The Labute approximate surface area is 98.3 Å². The largest absolute Gasteiger partial charge is 0.544 e. The van der Waals surface area contributed by atoms with E-state index in [-0.39, 0.29) is 0 Å².